The molecule has 4 heteroatoms. The van der Waals surface area contributed by atoms with E-state index in [2.05, 4.69) is 5.32 Å². The Morgan fingerprint density at radius 3 is 3.20 bits per heavy atom. The average molecular weight is 212 g/mol. The van der Waals surface area contributed by atoms with Gasteiger partial charge >= 0.3 is 0 Å². The van der Waals surface area contributed by atoms with E-state index in [1.807, 2.05) is 0 Å². The molecule has 0 aromatic heterocycles. The molecule has 0 bridgehead atoms. The molecule has 0 amide bonds. The van der Waals surface area contributed by atoms with Gasteiger partial charge in [-0.25, -0.2) is 0 Å². The third-order valence-electron chi connectivity index (χ3n) is 2.14. The first-order valence-electron chi connectivity index (χ1n) is 6.91. The number of hydrogen-bond acceptors (Lipinski definition) is 4. The molecule has 0 saturated carbocycles. The molecule has 0 saturated heterocycles. The number of hydrogen-bond donors (Lipinski definition) is 1. The normalized spacial score (nSPS) is 24.2. The van der Waals surface area contributed by atoms with E-state index in [1.54, 1.807) is 0 Å². The van der Waals surface area contributed by atoms with E-state index < -0.39 is 25.5 Å². The fourth-order valence-corrected chi connectivity index (χ4v) is 1.25. The molecule has 2 rings (SSSR count). The number of likely N-dealkylation sites (N-methyl/N-ethyl adjacent to an activating group) is 1. The van der Waals surface area contributed by atoms with Crippen LogP contribution in [0.4, 0.5) is 0 Å². The number of nitrogens with one attached hydrogen (secondary N) is 1. The standard InChI is InChI=1S/C11H13NO3/c1-7(12-2)11(13)8-3-4-9-10(5-8)15-6-14-9/h3-5,7,12H,6H2,1-2H3/t7-/m0/s1/i2D3,6D2. The van der Waals surface area contributed by atoms with Crippen LogP contribution >= 0.6 is 0 Å². The summed E-state index contributed by atoms with van der Waals surface area (Å²) in [4.78, 5) is 12.1. The second kappa shape index (κ2) is 3.90. The Hall–Kier alpha value is -1.55. The number of ketones is 1. The Morgan fingerprint density at radius 2 is 2.40 bits per heavy atom. The maximum absolute atomic E-state index is 12.1. The van der Waals surface area contributed by atoms with Crippen molar-refractivity contribution in [1.29, 1.82) is 0 Å². The average Bonchev–Trinajstić information content (AvgIpc) is 2.58. The minimum Gasteiger partial charge on any atom is -0.454 e. The van der Waals surface area contributed by atoms with Crippen molar-refractivity contribution in [2.75, 3.05) is 13.7 Å². The molecule has 0 radical (unpaired) electrons. The van der Waals surface area contributed by atoms with Crippen LogP contribution in [0.2, 0.25) is 0 Å². The van der Waals surface area contributed by atoms with Gasteiger partial charge in [0.15, 0.2) is 17.3 Å². The van der Waals surface area contributed by atoms with Crippen LogP contribution in [0.3, 0.4) is 0 Å². The number of Topliss-reactive ketones (excluding diaryl/α,β-unsaturated/α-hetero) is 1. The van der Waals surface area contributed by atoms with Gasteiger partial charge in [0.2, 0.25) is 6.75 Å². The third-order valence-corrected chi connectivity index (χ3v) is 2.14. The number of benzene rings is 1. The summed E-state index contributed by atoms with van der Waals surface area (Å²) in [7, 11) is 0. The third kappa shape index (κ3) is 1.80. The molecule has 1 aromatic carbocycles. The summed E-state index contributed by atoms with van der Waals surface area (Å²) in [6.07, 6.45) is 0. The largest absolute Gasteiger partial charge is 0.454 e. The van der Waals surface area contributed by atoms with Gasteiger partial charge in [0.1, 0.15) is 2.74 Å². The predicted molar refractivity (Wildman–Crippen MR) is 55.4 cm³/mol. The Labute approximate surface area is 95.2 Å². The minimum atomic E-state index is -2.41. The second-order valence-corrected chi connectivity index (χ2v) is 3.18. The van der Waals surface area contributed by atoms with E-state index in [-0.39, 0.29) is 17.1 Å². The van der Waals surface area contributed by atoms with Crippen LogP contribution in [0.1, 0.15) is 24.1 Å². The molecular formula is C11H13NO3. The molecule has 1 atom stereocenters. The van der Waals surface area contributed by atoms with E-state index in [0.29, 0.717) is 0 Å². The monoisotopic (exact) mass is 212 g/mol. The van der Waals surface area contributed by atoms with Gasteiger partial charge in [0.05, 0.1) is 6.04 Å². The lowest BCUT2D eigenvalue weighted by Crippen LogP contribution is -2.30. The number of ether oxygens (including phenoxy) is 2. The number of carbonyl (C=O) groups excluding carboxylic acids is 1. The summed E-state index contributed by atoms with van der Waals surface area (Å²) in [6.45, 7) is -3.23. The fourth-order valence-electron chi connectivity index (χ4n) is 1.25. The minimum absolute atomic E-state index is 0.113. The molecular weight excluding hydrogens is 194 g/mol. The Bertz CT molecular complexity index is 543. The lowest BCUT2D eigenvalue weighted by molar-refractivity contribution is 0.0954. The van der Waals surface area contributed by atoms with Crippen molar-refractivity contribution in [2.45, 2.75) is 13.0 Å². The SMILES string of the molecule is [2H]C([2H])([2H])N[C@@H](C)C(=O)c1ccc2c(c1)OC([2H])([2H])O2. The number of fused-ring (bicyclic) bond motifs is 1. The van der Waals surface area contributed by atoms with Crippen LogP contribution in [0.15, 0.2) is 18.2 Å². The van der Waals surface area contributed by atoms with Gasteiger partial charge in [-0.05, 0) is 32.1 Å². The molecule has 0 aliphatic carbocycles. The molecule has 80 valence electrons. The molecule has 1 aromatic rings. The highest BCUT2D eigenvalue weighted by Gasteiger charge is 2.18. The Morgan fingerprint density at radius 1 is 1.60 bits per heavy atom. The maximum atomic E-state index is 12.1. The van der Waals surface area contributed by atoms with Crippen LogP contribution in [-0.4, -0.2) is 25.5 Å². The molecule has 0 unspecified atom stereocenters. The van der Waals surface area contributed by atoms with Gasteiger partial charge in [0.25, 0.3) is 0 Å². The fraction of sp³-hybridized carbons (Fsp3) is 0.364. The zero-order valence-corrected chi connectivity index (χ0v) is 8.03. The molecule has 4 nitrogen and oxygen atoms in total. The lowest BCUT2D eigenvalue weighted by Gasteiger charge is -2.09. The Balaban J connectivity index is 2.17. The quantitative estimate of drug-likeness (QED) is 0.765. The van der Waals surface area contributed by atoms with Crippen molar-refractivity contribution >= 4 is 5.78 Å². The van der Waals surface area contributed by atoms with Crippen LogP contribution in [0, 0.1) is 0 Å². The molecule has 1 aliphatic heterocycles. The van der Waals surface area contributed by atoms with Gasteiger partial charge in [-0.3, -0.25) is 4.79 Å². The molecule has 0 fully saturated rings. The molecule has 0 spiro atoms. The first-order chi connectivity index (χ1) is 9.07. The number of carbonyl (C=O) groups is 1. The van der Waals surface area contributed by atoms with Crippen molar-refractivity contribution in [3.63, 3.8) is 0 Å². The van der Waals surface area contributed by atoms with E-state index in [1.165, 1.54) is 25.1 Å². The lowest BCUT2D eigenvalue weighted by atomic mass is 10.1. The highest BCUT2D eigenvalue weighted by molar-refractivity contribution is 6.00. The topological polar surface area (TPSA) is 47.6 Å². The summed E-state index contributed by atoms with van der Waals surface area (Å²) in [6, 6.07) is 3.28. The van der Waals surface area contributed by atoms with Crippen LogP contribution in [0.25, 0.3) is 0 Å². The van der Waals surface area contributed by atoms with Crippen molar-refractivity contribution in [3.8, 4) is 11.5 Å². The summed E-state index contributed by atoms with van der Waals surface area (Å²) in [5, 5.41) is 2.21. The zero-order chi connectivity index (χ0) is 15.1. The molecule has 1 aliphatic rings. The highest BCUT2D eigenvalue weighted by atomic mass is 16.7. The smallest absolute Gasteiger partial charge is 0.231 e. The summed E-state index contributed by atoms with van der Waals surface area (Å²) in [5.41, 5.74) is 0.217. The Kier molecular flexibility index (Phi) is 1.43. The van der Waals surface area contributed by atoms with Gasteiger partial charge in [-0.15, -0.1) is 0 Å². The molecule has 1 heterocycles. The van der Waals surface area contributed by atoms with Gasteiger partial charge in [-0.2, -0.15) is 0 Å². The van der Waals surface area contributed by atoms with Crippen LogP contribution < -0.4 is 14.8 Å². The summed E-state index contributed by atoms with van der Waals surface area (Å²) in [5.74, 6) is -0.120. The van der Waals surface area contributed by atoms with E-state index in [9.17, 15) is 4.79 Å². The van der Waals surface area contributed by atoms with Crippen molar-refractivity contribution in [1.82, 2.24) is 5.32 Å². The van der Waals surface area contributed by atoms with Crippen molar-refractivity contribution < 1.29 is 21.1 Å². The van der Waals surface area contributed by atoms with Crippen LogP contribution in [-0.2, 0) is 0 Å². The first kappa shape index (κ1) is 5.51. The predicted octanol–water partition coefficient (Wildman–Crippen LogP) is 1.21. The molecule has 1 N–H and O–H groups in total. The van der Waals surface area contributed by atoms with Crippen LogP contribution in [0.5, 0.6) is 11.5 Å². The van der Waals surface area contributed by atoms with Gasteiger partial charge in [-0.1, -0.05) is 0 Å². The summed E-state index contributed by atoms with van der Waals surface area (Å²) >= 11 is 0. The highest BCUT2D eigenvalue weighted by Crippen LogP contribution is 2.32. The second-order valence-electron chi connectivity index (χ2n) is 3.18. The van der Waals surface area contributed by atoms with Gasteiger partial charge in [0, 0.05) is 9.68 Å². The molecule has 15 heavy (non-hydrogen) atoms. The summed E-state index contributed by atoms with van der Waals surface area (Å²) < 4.78 is 45.6. The van der Waals surface area contributed by atoms with Gasteiger partial charge < -0.3 is 14.8 Å². The van der Waals surface area contributed by atoms with E-state index in [4.69, 9.17) is 16.3 Å². The number of rotatable bonds is 3. The first-order valence-corrected chi connectivity index (χ1v) is 4.41. The zero-order valence-electron chi connectivity index (χ0n) is 13.0. The van der Waals surface area contributed by atoms with Crippen molar-refractivity contribution in [2.24, 2.45) is 0 Å². The maximum Gasteiger partial charge on any atom is 0.231 e. The van der Waals surface area contributed by atoms with E-state index >= 15 is 0 Å². The van der Waals surface area contributed by atoms with Crippen molar-refractivity contribution in [3.05, 3.63) is 23.8 Å². The van der Waals surface area contributed by atoms with E-state index in [0.717, 1.165) is 0 Å².